The molecule has 0 aliphatic carbocycles. The summed E-state index contributed by atoms with van der Waals surface area (Å²) in [4.78, 5) is 13.3. The highest BCUT2D eigenvalue weighted by Crippen LogP contribution is 2.22. The van der Waals surface area contributed by atoms with E-state index < -0.39 is 0 Å². The molecule has 0 saturated heterocycles. The van der Waals surface area contributed by atoms with Crippen molar-refractivity contribution in [1.29, 1.82) is 0 Å². The quantitative estimate of drug-likeness (QED) is 0.691. The van der Waals surface area contributed by atoms with E-state index in [1.54, 1.807) is 12.3 Å². The fourth-order valence-corrected chi connectivity index (χ4v) is 1.50. The minimum atomic E-state index is -0.138. The van der Waals surface area contributed by atoms with Crippen molar-refractivity contribution in [3.63, 3.8) is 0 Å². The maximum atomic E-state index is 10.7. The van der Waals surface area contributed by atoms with E-state index in [0.29, 0.717) is 10.1 Å². The molecule has 0 aliphatic heterocycles. The number of anilines is 1. The number of aromatic nitrogens is 3. The predicted molar refractivity (Wildman–Crippen MR) is 50.4 cm³/mol. The van der Waals surface area contributed by atoms with Gasteiger partial charge in [0.15, 0.2) is 5.01 Å². The number of nitrogens with zero attached hydrogens (tertiary/aromatic N) is 2. The van der Waals surface area contributed by atoms with Gasteiger partial charge in [0, 0.05) is 17.8 Å². The van der Waals surface area contributed by atoms with Crippen LogP contribution in [-0.2, 0) is 0 Å². The SMILES string of the molecule is Nc1nnc(-c2ccc(=O)[nH]c2)s1. The Labute approximate surface area is 77.3 Å². The number of hydrogen-bond acceptors (Lipinski definition) is 5. The predicted octanol–water partition coefficient (Wildman–Crippen LogP) is 0.476. The van der Waals surface area contributed by atoms with Crippen molar-refractivity contribution in [2.45, 2.75) is 0 Å². The fourth-order valence-electron chi connectivity index (χ4n) is 0.895. The Bertz CT molecular complexity index is 455. The number of aromatic amines is 1. The van der Waals surface area contributed by atoms with Gasteiger partial charge < -0.3 is 10.7 Å². The van der Waals surface area contributed by atoms with Gasteiger partial charge in [0.05, 0.1) is 0 Å². The van der Waals surface area contributed by atoms with E-state index >= 15 is 0 Å². The summed E-state index contributed by atoms with van der Waals surface area (Å²) in [5.41, 5.74) is 6.09. The monoisotopic (exact) mass is 194 g/mol. The molecule has 0 fully saturated rings. The van der Waals surface area contributed by atoms with Crippen molar-refractivity contribution in [3.8, 4) is 10.6 Å². The van der Waals surface area contributed by atoms with Gasteiger partial charge in [-0.25, -0.2) is 0 Å². The lowest BCUT2D eigenvalue weighted by Crippen LogP contribution is -2.01. The molecule has 0 atom stereocenters. The number of rotatable bonds is 1. The molecule has 0 unspecified atom stereocenters. The summed E-state index contributed by atoms with van der Waals surface area (Å²) in [6.07, 6.45) is 1.59. The molecule has 0 spiro atoms. The van der Waals surface area contributed by atoms with E-state index in [0.717, 1.165) is 5.56 Å². The zero-order valence-corrected chi connectivity index (χ0v) is 7.34. The Kier molecular flexibility index (Phi) is 1.82. The smallest absolute Gasteiger partial charge is 0.247 e. The normalized spacial score (nSPS) is 10.2. The van der Waals surface area contributed by atoms with Crippen LogP contribution in [0.1, 0.15) is 0 Å². The van der Waals surface area contributed by atoms with Gasteiger partial charge in [0.25, 0.3) is 0 Å². The van der Waals surface area contributed by atoms with Gasteiger partial charge in [0.2, 0.25) is 10.7 Å². The summed E-state index contributed by atoms with van der Waals surface area (Å²) in [5.74, 6) is 0. The molecule has 0 aliphatic rings. The van der Waals surface area contributed by atoms with E-state index in [1.807, 2.05) is 0 Å². The van der Waals surface area contributed by atoms with Crippen molar-refractivity contribution < 1.29 is 0 Å². The van der Waals surface area contributed by atoms with Crippen molar-refractivity contribution in [1.82, 2.24) is 15.2 Å². The molecule has 5 nitrogen and oxygen atoms in total. The molecule has 0 bridgehead atoms. The van der Waals surface area contributed by atoms with E-state index in [-0.39, 0.29) is 5.56 Å². The molecule has 13 heavy (non-hydrogen) atoms. The second kappa shape index (κ2) is 2.98. The minimum absolute atomic E-state index is 0.138. The molecule has 2 heterocycles. The van der Waals surface area contributed by atoms with Crippen LogP contribution >= 0.6 is 11.3 Å². The summed E-state index contributed by atoms with van der Waals surface area (Å²) < 4.78 is 0. The van der Waals surface area contributed by atoms with Crippen molar-refractivity contribution in [2.24, 2.45) is 0 Å². The summed E-state index contributed by atoms with van der Waals surface area (Å²) in [6, 6.07) is 3.12. The first-order valence-corrected chi connectivity index (χ1v) is 4.35. The third-order valence-corrected chi connectivity index (χ3v) is 2.27. The number of nitrogen functional groups attached to an aromatic ring is 1. The standard InChI is InChI=1S/C7H6N4OS/c8-7-11-10-6(13-7)4-1-2-5(12)9-3-4/h1-3H,(H2,8,11)(H,9,12). The Morgan fingerprint density at radius 1 is 1.38 bits per heavy atom. The molecule has 0 saturated carbocycles. The largest absolute Gasteiger partial charge is 0.374 e. The van der Waals surface area contributed by atoms with Crippen molar-refractivity contribution in [2.75, 3.05) is 5.73 Å². The molecule has 66 valence electrons. The maximum absolute atomic E-state index is 10.7. The van der Waals surface area contributed by atoms with Crippen LogP contribution in [0.4, 0.5) is 5.13 Å². The highest BCUT2D eigenvalue weighted by atomic mass is 32.1. The zero-order chi connectivity index (χ0) is 9.26. The van der Waals surface area contributed by atoms with Crippen LogP contribution in [0.2, 0.25) is 0 Å². The van der Waals surface area contributed by atoms with E-state index in [9.17, 15) is 4.79 Å². The molecular formula is C7H6N4OS. The van der Waals surface area contributed by atoms with Crippen LogP contribution in [-0.4, -0.2) is 15.2 Å². The van der Waals surface area contributed by atoms with Crippen LogP contribution in [0.15, 0.2) is 23.1 Å². The third-order valence-electron chi connectivity index (χ3n) is 1.47. The van der Waals surface area contributed by atoms with Crippen molar-refractivity contribution in [3.05, 3.63) is 28.7 Å². The average molecular weight is 194 g/mol. The van der Waals surface area contributed by atoms with Crippen LogP contribution in [0.5, 0.6) is 0 Å². The minimum Gasteiger partial charge on any atom is -0.374 e. The number of nitrogens with two attached hydrogens (primary N) is 1. The number of pyridine rings is 1. The first-order valence-electron chi connectivity index (χ1n) is 3.54. The van der Waals surface area contributed by atoms with Gasteiger partial charge in [-0.05, 0) is 6.07 Å². The summed E-state index contributed by atoms with van der Waals surface area (Å²) >= 11 is 1.28. The van der Waals surface area contributed by atoms with Crippen LogP contribution < -0.4 is 11.3 Å². The number of nitrogens with one attached hydrogen (secondary N) is 1. The van der Waals surface area contributed by atoms with Gasteiger partial charge in [-0.2, -0.15) is 0 Å². The van der Waals surface area contributed by atoms with Crippen LogP contribution in [0.25, 0.3) is 10.6 Å². The van der Waals surface area contributed by atoms with Gasteiger partial charge in [-0.1, -0.05) is 11.3 Å². The molecule has 2 aromatic rings. The van der Waals surface area contributed by atoms with E-state index in [4.69, 9.17) is 5.73 Å². The molecule has 0 aromatic carbocycles. The van der Waals surface area contributed by atoms with E-state index in [1.165, 1.54) is 17.4 Å². The molecule has 0 amide bonds. The van der Waals surface area contributed by atoms with Crippen molar-refractivity contribution >= 4 is 16.5 Å². The molecule has 0 radical (unpaired) electrons. The number of H-pyrrole nitrogens is 1. The molecular weight excluding hydrogens is 188 g/mol. The zero-order valence-electron chi connectivity index (χ0n) is 6.52. The van der Waals surface area contributed by atoms with Crippen LogP contribution in [0.3, 0.4) is 0 Å². The van der Waals surface area contributed by atoms with Crippen LogP contribution in [0, 0.1) is 0 Å². The lowest BCUT2D eigenvalue weighted by molar-refractivity contribution is 1.10. The van der Waals surface area contributed by atoms with Gasteiger partial charge in [-0.3, -0.25) is 4.79 Å². The van der Waals surface area contributed by atoms with Gasteiger partial charge in [-0.15, -0.1) is 10.2 Å². The summed E-state index contributed by atoms with van der Waals surface area (Å²) in [6.45, 7) is 0. The average Bonchev–Trinajstić information content (AvgIpc) is 2.53. The first kappa shape index (κ1) is 7.93. The molecule has 2 rings (SSSR count). The summed E-state index contributed by atoms with van der Waals surface area (Å²) in [5, 5.41) is 8.63. The Morgan fingerprint density at radius 3 is 2.77 bits per heavy atom. The highest BCUT2D eigenvalue weighted by Gasteiger charge is 2.03. The second-order valence-corrected chi connectivity index (χ2v) is 3.40. The Balaban J connectivity index is 2.47. The van der Waals surface area contributed by atoms with E-state index in [2.05, 4.69) is 15.2 Å². The lowest BCUT2D eigenvalue weighted by Gasteiger charge is -1.90. The Morgan fingerprint density at radius 2 is 2.23 bits per heavy atom. The third kappa shape index (κ3) is 1.57. The van der Waals surface area contributed by atoms with Gasteiger partial charge >= 0.3 is 0 Å². The topological polar surface area (TPSA) is 84.7 Å². The molecule has 6 heteroatoms. The molecule has 2 aromatic heterocycles. The fraction of sp³-hybridized carbons (Fsp3) is 0. The second-order valence-electron chi connectivity index (χ2n) is 2.39. The highest BCUT2D eigenvalue weighted by molar-refractivity contribution is 7.18. The summed E-state index contributed by atoms with van der Waals surface area (Å²) in [7, 11) is 0. The molecule has 3 N–H and O–H groups in total. The first-order chi connectivity index (χ1) is 6.25. The maximum Gasteiger partial charge on any atom is 0.247 e. The Hall–Kier alpha value is -1.69. The van der Waals surface area contributed by atoms with Gasteiger partial charge in [0.1, 0.15) is 0 Å². The lowest BCUT2D eigenvalue weighted by atomic mass is 10.3. The number of hydrogen-bond donors (Lipinski definition) is 2.